The third-order valence-corrected chi connectivity index (χ3v) is 18.6. The highest BCUT2D eigenvalue weighted by molar-refractivity contribution is 7.86. The van der Waals surface area contributed by atoms with Crippen LogP contribution in [0.1, 0.15) is 44.5 Å². The van der Waals surface area contributed by atoms with Gasteiger partial charge in [-0.2, -0.15) is 0 Å². The molecule has 0 saturated carbocycles. The van der Waals surface area contributed by atoms with Crippen LogP contribution in [0.4, 0.5) is 17.6 Å². The summed E-state index contributed by atoms with van der Waals surface area (Å²) in [6, 6.07) is 15.7. The molecule has 6 aromatic carbocycles. The molecule has 12 nitrogen and oxygen atoms in total. The van der Waals surface area contributed by atoms with Crippen molar-refractivity contribution in [3.63, 3.8) is 0 Å². The van der Waals surface area contributed by atoms with Gasteiger partial charge in [-0.3, -0.25) is 0 Å². The van der Waals surface area contributed by atoms with Crippen LogP contribution in [0.15, 0.2) is 60.7 Å². The topological polar surface area (TPSA) is 126 Å². The van der Waals surface area contributed by atoms with Gasteiger partial charge < -0.3 is 56.5 Å². The van der Waals surface area contributed by atoms with Crippen LogP contribution < -0.4 is 79.2 Å². The second-order valence-corrected chi connectivity index (χ2v) is 22.7. The summed E-state index contributed by atoms with van der Waals surface area (Å²) in [4.78, 5) is 0. The van der Waals surface area contributed by atoms with E-state index in [4.69, 9.17) is 47.4 Å². The molecule has 0 fully saturated rings. The molecule has 2 aliphatic rings. The van der Waals surface area contributed by atoms with Crippen molar-refractivity contribution in [2.75, 3.05) is 42.7 Å². The van der Waals surface area contributed by atoms with Gasteiger partial charge in [0, 0.05) is 37.6 Å². The number of fused-ring (bicyclic) bond motifs is 2. The van der Waals surface area contributed by atoms with Crippen molar-refractivity contribution in [3.8, 4) is 68.6 Å². The third kappa shape index (κ3) is 7.84. The van der Waals surface area contributed by atoms with Gasteiger partial charge in [-0.1, -0.05) is 0 Å². The van der Waals surface area contributed by atoms with Gasteiger partial charge in [0.05, 0.1) is 48.0 Å². The average Bonchev–Trinajstić information content (AvgIpc) is 3.80. The number of methoxy groups -OCH3 is 6. The molecule has 2 heterocycles. The van der Waals surface area contributed by atoms with Gasteiger partial charge in [-0.15, -0.1) is 17.6 Å². The minimum atomic E-state index is -4.54. The largest absolute Gasteiger partial charge is 0.586 e. The summed E-state index contributed by atoms with van der Waals surface area (Å²) in [7, 11) is -0.627. The standard InChI is InChI=1S/C52H52F4O12P2/c1-25-15-33(16-26(2)42(25)60-10)69(57,34-17-27(3)43(61-11)28(4)18-34)39-24-38(59-9)47-49(67-52(55,56)66-47)41(39)37-23-40(48(64-14)50-46(37)65-51(53,54)68-50)70(58,35-19-29(5)44(62-12)30(6)20-35)36-21-31(7)45(63-13)32(8)22-36/h15-24H,1-14H3. The molecule has 0 spiro atoms. The fourth-order valence-corrected chi connectivity index (χ4v) is 16.3. The van der Waals surface area contributed by atoms with Gasteiger partial charge in [0.25, 0.3) is 0 Å². The number of rotatable bonds is 13. The number of benzene rings is 6. The minimum absolute atomic E-state index is 0.188. The molecule has 2 aliphatic heterocycles. The van der Waals surface area contributed by atoms with E-state index in [2.05, 4.69) is 0 Å². The van der Waals surface area contributed by atoms with Crippen LogP contribution in [0.2, 0.25) is 0 Å². The van der Waals surface area contributed by atoms with Crippen LogP contribution in [-0.2, 0) is 9.13 Å². The summed E-state index contributed by atoms with van der Waals surface area (Å²) in [5.41, 5.74) is 3.74. The van der Waals surface area contributed by atoms with Crippen LogP contribution in [-0.4, -0.2) is 55.2 Å². The van der Waals surface area contributed by atoms with Gasteiger partial charge >= 0.3 is 12.6 Å². The highest BCUT2D eigenvalue weighted by Gasteiger charge is 2.53. The molecule has 6 aromatic rings. The zero-order valence-electron chi connectivity index (χ0n) is 41.1. The summed E-state index contributed by atoms with van der Waals surface area (Å²) in [6.45, 7) is 14.1. The van der Waals surface area contributed by atoms with Crippen LogP contribution in [0.3, 0.4) is 0 Å². The van der Waals surface area contributed by atoms with E-state index < -0.39 is 66.7 Å². The van der Waals surface area contributed by atoms with Crippen molar-refractivity contribution in [1.82, 2.24) is 0 Å². The lowest BCUT2D eigenvalue weighted by molar-refractivity contribution is -0.288. The Kier molecular flexibility index (Phi) is 12.6. The van der Waals surface area contributed by atoms with Gasteiger partial charge in [0.1, 0.15) is 23.0 Å². The Hall–Kier alpha value is -6.50. The Morgan fingerprint density at radius 3 is 1.00 bits per heavy atom. The third-order valence-electron chi connectivity index (χ3n) is 12.7. The molecule has 0 N–H and O–H groups in total. The van der Waals surface area contributed by atoms with E-state index in [1.54, 1.807) is 104 Å². The second-order valence-electron chi connectivity index (χ2n) is 17.3. The number of alkyl halides is 4. The highest BCUT2D eigenvalue weighted by atomic mass is 31.2. The maximum Gasteiger partial charge on any atom is 0.586 e. The molecular formula is C52H52F4O12P2. The first-order valence-electron chi connectivity index (χ1n) is 21.8. The monoisotopic (exact) mass is 1010 g/mol. The predicted octanol–water partition coefficient (Wildman–Crippen LogP) is 9.79. The van der Waals surface area contributed by atoms with Gasteiger partial charge in [0.15, 0.2) is 37.3 Å². The Morgan fingerprint density at radius 2 is 0.671 bits per heavy atom. The van der Waals surface area contributed by atoms with Crippen LogP contribution in [0.5, 0.6) is 57.5 Å². The fraction of sp³-hybridized carbons (Fsp3) is 0.308. The lowest BCUT2D eigenvalue weighted by atomic mass is 10.0. The van der Waals surface area contributed by atoms with Crippen molar-refractivity contribution in [3.05, 3.63) is 105 Å². The van der Waals surface area contributed by atoms with Crippen molar-refractivity contribution < 1.29 is 74.1 Å². The van der Waals surface area contributed by atoms with Crippen molar-refractivity contribution in [1.29, 1.82) is 0 Å². The molecule has 0 atom stereocenters. The SMILES string of the molecule is COc1cc(P(=O)(c2cc(C)c(OC)c(C)c2)c2cc(C)c(OC)c(C)c2)c(-c2cc(P(=O)(c3cc(C)c(OC)c(C)c3)c3cc(C)c(OC)c(C)c3)c(OC)c3c2OC(F)(F)O3)c2c1OC(F)(F)O2. The van der Waals surface area contributed by atoms with Crippen LogP contribution in [0.25, 0.3) is 11.1 Å². The Bertz CT molecular complexity index is 3040. The maximum atomic E-state index is 17.3. The first-order valence-corrected chi connectivity index (χ1v) is 25.2. The molecule has 18 heteroatoms. The van der Waals surface area contributed by atoms with Crippen LogP contribution >= 0.6 is 14.3 Å². The summed E-state index contributed by atoms with van der Waals surface area (Å²) in [6.07, 6.45) is -8.76. The summed E-state index contributed by atoms with van der Waals surface area (Å²) in [5, 5.41) is 0.346. The van der Waals surface area contributed by atoms with Crippen molar-refractivity contribution in [2.45, 2.75) is 68.0 Å². The first kappa shape index (κ1) is 49.9. The Labute approximate surface area is 403 Å². The summed E-state index contributed by atoms with van der Waals surface area (Å²) in [5.74, 6) is -1.60. The number of halogens is 4. The minimum Gasteiger partial charge on any atom is -0.496 e. The molecule has 370 valence electrons. The van der Waals surface area contributed by atoms with E-state index in [0.717, 1.165) is 0 Å². The van der Waals surface area contributed by atoms with E-state index in [-0.39, 0.29) is 37.6 Å². The molecule has 0 saturated heterocycles. The quantitative estimate of drug-likeness (QED) is 0.0808. The number of aryl methyl sites for hydroxylation is 8. The molecule has 0 unspecified atom stereocenters. The van der Waals surface area contributed by atoms with Gasteiger partial charge in [-0.25, -0.2) is 0 Å². The molecule has 70 heavy (non-hydrogen) atoms. The lowest BCUT2D eigenvalue weighted by Gasteiger charge is -2.28. The maximum absolute atomic E-state index is 17.3. The molecule has 8 rings (SSSR count). The molecule has 0 aromatic heterocycles. The van der Waals surface area contributed by atoms with Crippen molar-refractivity contribution >= 4 is 46.1 Å². The Morgan fingerprint density at radius 1 is 0.371 bits per heavy atom. The molecular weight excluding hydrogens is 954 g/mol. The van der Waals surface area contributed by atoms with Crippen molar-refractivity contribution in [2.24, 2.45) is 0 Å². The van der Waals surface area contributed by atoms with E-state index >= 15 is 26.7 Å². The van der Waals surface area contributed by atoms with Crippen LogP contribution in [0, 0.1) is 55.4 Å². The molecule has 0 aliphatic carbocycles. The fourth-order valence-electron chi connectivity index (χ4n) is 9.97. The summed E-state index contributed by atoms with van der Waals surface area (Å²) >= 11 is 0. The predicted molar refractivity (Wildman–Crippen MR) is 260 cm³/mol. The van der Waals surface area contributed by atoms with E-state index in [0.29, 0.717) is 67.5 Å². The zero-order chi connectivity index (χ0) is 51.2. The van der Waals surface area contributed by atoms with E-state index in [1.165, 1.54) is 54.8 Å². The smallest absolute Gasteiger partial charge is 0.496 e. The lowest BCUT2D eigenvalue weighted by Crippen LogP contribution is -2.29. The van der Waals surface area contributed by atoms with Gasteiger partial charge in [0.2, 0.25) is 11.5 Å². The highest BCUT2D eigenvalue weighted by Crippen LogP contribution is 2.63. The molecule has 0 bridgehead atoms. The number of hydrogen-bond donors (Lipinski definition) is 0. The average molecular weight is 1010 g/mol. The van der Waals surface area contributed by atoms with E-state index in [1.807, 2.05) is 0 Å². The zero-order valence-corrected chi connectivity index (χ0v) is 42.9. The molecule has 0 radical (unpaired) electrons. The number of ether oxygens (including phenoxy) is 10. The summed E-state index contributed by atoms with van der Waals surface area (Å²) < 4.78 is 154. The van der Waals surface area contributed by atoms with E-state index in [9.17, 15) is 0 Å². The second kappa shape index (κ2) is 17.7. The Balaban J connectivity index is 1.62. The first-order chi connectivity index (χ1) is 32.9. The molecule has 0 amide bonds. The normalized spacial score (nSPS) is 14.4. The number of hydrogen-bond acceptors (Lipinski definition) is 12. The van der Waals surface area contributed by atoms with Gasteiger partial charge in [-0.05, 0) is 161 Å².